The van der Waals surface area contributed by atoms with E-state index in [-0.39, 0.29) is 18.7 Å². The Balaban J connectivity index is 1.66. The largest absolute Gasteiger partial charge is 0.494 e. The Labute approximate surface area is 281 Å². The summed E-state index contributed by atoms with van der Waals surface area (Å²) < 4.78 is 24.7. The van der Waals surface area contributed by atoms with Gasteiger partial charge >= 0.3 is 5.97 Å². The number of Topliss-reactive ketones (excluding diaryl/α,β-unsaturated/α-hetero) is 1. The summed E-state index contributed by atoms with van der Waals surface area (Å²) >= 11 is 0. The number of furan rings is 1. The van der Waals surface area contributed by atoms with Gasteiger partial charge in [-0.2, -0.15) is 0 Å². The van der Waals surface area contributed by atoms with E-state index < -0.39 is 46.6 Å². The van der Waals surface area contributed by atoms with Crippen LogP contribution in [0.3, 0.4) is 0 Å². The number of fused-ring (bicyclic) bond motifs is 2. The number of unbranched alkanes of at least 4 members (excludes halogenated alkanes) is 4. The van der Waals surface area contributed by atoms with Gasteiger partial charge in [-0.3, -0.25) is 14.4 Å². The summed E-state index contributed by atoms with van der Waals surface area (Å²) in [5.41, 5.74) is -3.34. The number of aromatic nitrogens is 3. The van der Waals surface area contributed by atoms with Gasteiger partial charge in [0.1, 0.15) is 27.9 Å². The minimum absolute atomic E-state index is 0.000252. The van der Waals surface area contributed by atoms with E-state index in [2.05, 4.69) is 17.2 Å². The van der Waals surface area contributed by atoms with Gasteiger partial charge in [-0.15, -0.1) is 5.10 Å². The van der Waals surface area contributed by atoms with Crippen LogP contribution in [0.25, 0.3) is 21.9 Å². The second-order valence-corrected chi connectivity index (χ2v) is 14.3. The van der Waals surface area contributed by atoms with Crippen LogP contribution in [0.2, 0.25) is 0 Å². The number of esters is 1. The summed E-state index contributed by atoms with van der Waals surface area (Å²) in [6.07, 6.45) is 3.08. The van der Waals surface area contributed by atoms with E-state index in [0.29, 0.717) is 34.2 Å². The van der Waals surface area contributed by atoms with Gasteiger partial charge in [0.25, 0.3) is 5.56 Å². The van der Waals surface area contributed by atoms with E-state index in [1.807, 2.05) is 6.07 Å². The van der Waals surface area contributed by atoms with Gasteiger partial charge in [-0.1, -0.05) is 50.0 Å². The number of nitrogens with zero attached hydrogens (tertiary/aromatic N) is 3. The van der Waals surface area contributed by atoms with Gasteiger partial charge in [-0.05, 0) is 90.8 Å². The molecular formula is C37H49N3O8. The predicted molar refractivity (Wildman–Crippen MR) is 183 cm³/mol. The topological polar surface area (TPSA) is 143 Å². The zero-order valence-corrected chi connectivity index (χ0v) is 29.2. The fourth-order valence-electron chi connectivity index (χ4n) is 5.39. The predicted octanol–water partition coefficient (Wildman–Crippen LogP) is 7.01. The lowest BCUT2D eigenvalue weighted by Gasteiger charge is -2.39. The molecule has 260 valence electrons. The average molecular weight is 664 g/mol. The normalized spacial score (nSPS) is 14.2. The molecule has 11 heteroatoms. The molecule has 0 aliphatic rings. The molecule has 2 unspecified atom stereocenters. The summed E-state index contributed by atoms with van der Waals surface area (Å²) in [5.74, 6) is -0.742. The van der Waals surface area contributed by atoms with Crippen LogP contribution in [-0.4, -0.2) is 56.0 Å². The molecule has 1 N–H and O–H groups in total. The fraction of sp³-hybridized carbons (Fsp3) is 0.541. The molecule has 4 rings (SSSR count). The number of hydrogen-bond donors (Lipinski definition) is 1. The third-order valence-corrected chi connectivity index (χ3v) is 7.90. The molecule has 0 saturated heterocycles. The highest BCUT2D eigenvalue weighted by molar-refractivity contribution is 6.00. The van der Waals surface area contributed by atoms with Crippen LogP contribution in [0.4, 0.5) is 0 Å². The molecule has 2 heterocycles. The summed E-state index contributed by atoms with van der Waals surface area (Å²) in [4.78, 5) is 41.4. The number of benzene rings is 2. The summed E-state index contributed by atoms with van der Waals surface area (Å²) in [6, 6.07) is 13.7. The molecule has 0 amide bonds. The maximum Gasteiger partial charge on any atom is 0.318 e. The van der Waals surface area contributed by atoms with Crippen molar-refractivity contribution in [2.45, 2.75) is 117 Å². The van der Waals surface area contributed by atoms with E-state index >= 15 is 0 Å². The van der Waals surface area contributed by atoms with Gasteiger partial charge in [0.05, 0.1) is 17.6 Å². The molecule has 48 heavy (non-hydrogen) atoms. The SMILES string of the molecule is CCCCCCCOc1ccc2oc(C(=O)CC(CCn3nnc4ccccc4c3=O)(C(=O)OC(C)(C)C)C(O)OC(C)(C)C)cc2c1. The first kappa shape index (κ1) is 36.7. The van der Waals surface area contributed by atoms with Crippen LogP contribution in [-0.2, 0) is 20.8 Å². The van der Waals surface area contributed by atoms with Gasteiger partial charge in [0.2, 0.25) is 0 Å². The van der Waals surface area contributed by atoms with Crippen LogP contribution in [0.15, 0.2) is 57.7 Å². The van der Waals surface area contributed by atoms with E-state index in [0.717, 1.165) is 17.5 Å². The number of aryl methyl sites for hydroxylation is 1. The average Bonchev–Trinajstić information content (AvgIpc) is 3.44. The summed E-state index contributed by atoms with van der Waals surface area (Å²) in [6.45, 7) is 12.9. The Morgan fingerprint density at radius 3 is 2.40 bits per heavy atom. The Morgan fingerprint density at radius 1 is 0.958 bits per heavy atom. The first-order valence-corrected chi connectivity index (χ1v) is 16.7. The van der Waals surface area contributed by atoms with Gasteiger partial charge < -0.3 is 23.7 Å². The molecule has 0 aliphatic carbocycles. The lowest BCUT2D eigenvalue weighted by molar-refractivity contribution is -0.238. The molecular weight excluding hydrogens is 614 g/mol. The van der Waals surface area contributed by atoms with Crippen LogP contribution in [0, 0.1) is 5.41 Å². The monoisotopic (exact) mass is 663 g/mol. The molecule has 11 nitrogen and oxygen atoms in total. The minimum atomic E-state index is -1.95. The van der Waals surface area contributed by atoms with Crippen molar-refractivity contribution in [3.8, 4) is 5.75 Å². The van der Waals surface area contributed by atoms with Crippen molar-refractivity contribution in [3.05, 3.63) is 64.6 Å². The highest BCUT2D eigenvalue weighted by Gasteiger charge is 2.51. The molecule has 2 atom stereocenters. The molecule has 0 aliphatic heterocycles. The van der Waals surface area contributed by atoms with Crippen molar-refractivity contribution in [1.82, 2.24) is 15.0 Å². The van der Waals surface area contributed by atoms with Crippen molar-refractivity contribution in [2.24, 2.45) is 5.41 Å². The number of aliphatic hydroxyl groups is 1. The number of carbonyl (C=O) groups excluding carboxylic acids is 2. The molecule has 2 aromatic heterocycles. The van der Waals surface area contributed by atoms with E-state index in [1.54, 1.807) is 84.0 Å². The molecule has 0 bridgehead atoms. The van der Waals surface area contributed by atoms with Gasteiger partial charge in [0.15, 0.2) is 17.8 Å². The lowest BCUT2D eigenvalue weighted by Crippen LogP contribution is -2.51. The number of aliphatic hydroxyl groups excluding tert-OH is 1. The fourth-order valence-corrected chi connectivity index (χ4v) is 5.39. The number of ketones is 1. The summed E-state index contributed by atoms with van der Waals surface area (Å²) in [7, 11) is 0. The quantitative estimate of drug-likeness (QED) is 0.0575. The van der Waals surface area contributed by atoms with E-state index in [4.69, 9.17) is 18.6 Å². The highest BCUT2D eigenvalue weighted by Crippen LogP contribution is 2.39. The van der Waals surface area contributed by atoms with Crippen molar-refractivity contribution in [2.75, 3.05) is 6.61 Å². The second-order valence-electron chi connectivity index (χ2n) is 14.3. The van der Waals surface area contributed by atoms with Crippen LogP contribution < -0.4 is 10.3 Å². The molecule has 0 fully saturated rings. The second kappa shape index (κ2) is 15.4. The molecule has 0 radical (unpaired) electrons. The smallest absolute Gasteiger partial charge is 0.318 e. The number of ether oxygens (including phenoxy) is 3. The van der Waals surface area contributed by atoms with E-state index in [1.165, 1.54) is 19.3 Å². The number of hydrogen-bond acceptors (Lipinski definition) is 10. The molecule has 4 aromatic rings. The van der Waals surface area contributed by atoms with Crippen molar-refractivity contribution in [3.63, 3.8) is 0 Å². The first-order chi connectivity index (χ1) is 22.6. The zero-order valence-electron chi connectivity index (χ0n) is 29.2. The Kier molecular flexibility index (Phi) is 11.8. The van der Waals surface area contributed by atoms with Gasteiger partial charge in [0, 0.05) is 18.4 Å². The van der Waals surface area contributed by atoms with Crippen molar-refractivity contribution in [1.29, 1.82) is 0 Å². The van der Waals surface area contributed by atoms with Crippen LogP contribution in [0.1, 0.15) is 104 Å². The molecule has 0 spiro atoms. The van der Waals surface area contributed by atoms with Crippen molar-refractivity contribution >= 4 is 33.6 Å². The zero-order chi connectivity index (χ0) is 35.1. The maximum absolute atomic E-state index is 14.1. The Bertz CT molecular complexity index is 1760. The lowest BCUT2D eigenvalue weighted by atomic mass is 9.77. The maximum atomic E-state index is 14.1. The number of rotatable bonds is 16. The third-order valence-electron chi connectivity index (χ3n) is 7.90. The first-order valence-electron chi connectivity index (χ1n) is 16.7. The Hall–Kier alpha value is -4.09. The van der Waals surface area contributed by atoms with Crippen LogP contribution >= 0.6 is 0 Å². The molecule has 0 saturated carbocycles. The number of carbonyl (C=O) groups is 2. The summed E-state index contributed by atoms with van der Waals surface area (Å²) in [5, 5.41) is 20.9. The van der Waals surface area contributed by atoms with Crippen molar-refractivity contribution < 1.29 is 33.3 Å². The minimum Gasteiger partial charge on any atom is -0.494 e. The molecule has 2 aromatic carbocycles. The standard InChI is InChI=1S/C37H49N3O8/c1-8-9-10-11-14-21-45-26-17-18-30-25(22-26)23-31(46-30)29(41)24-37(33(43)47-35(2,3)4,34(44)48-36(5,6)7)19-20-40-32(42)27-15-12-13-16-28(27)38-39-40/h12-13,15-18,22-23,33,43H,8-11,14,19-21,24H2,1-7H3. The van der Waals surface area contributed by atoms with Gasteiger partial charge in [-0.25, -0.2) is 4.68 Å². The highest BCUT2D eigenvalue weighted by atomic mass is 16.6. The van der Waals surface area contributed by atoms with Crippen LogP contribution in [0.5, 0.6) is 5.75 Å². The van der Waals surface area contributed by atoms with E-state index in [9.17, 15) is 19.5 Å². The third kappa shape index (κ3) is 9.50. The Morgan fingerprint density at radius 2 is 1.69 bits per heavy atom.